The highest BCUT2D eigenvalue weighted by molar-refractivity contribution is 8.01. The van der Waals surface area contributed by atoms with Crippen LogP contribution in [-0.2, 0) is 9.59 Å². The second kappa shape index (κ2) is 8.55. The lowest BCUT2D eigenvalue weighted by Gasteiger charge is -2.37. The Kier molecular flexibility index (Phi) is 7.41. The maximum atomic E-state index is 12.4. The number of amides is 1. The Labute approximate surface area is 126 Å². The standard InChI is InChI=1S/C15H27NO3S/c1-4-13(15(18)19)20-10-14(17)16(11(2)3)12-8-6-5-7-9-12/h11-13H,4-10H2,1-3H3,(H,18,19). The Hall–Kier alpha value is -0.710. The normalized spacial score (nSPS) is 18.0. The molecule has 0 aromatic carbocycles. The molecule has 116 valence electrons. The first-order chi connectivity index (χ1) is 9.47. The van der Waals surface area contributed by atoms with Crippen molar-refractivity contribution >= 4 is 23.6 Å². The molecule has 20 heavy (non-hydrogen) atoms. The molecule has 0 spiro atoms. The highest BCUT2D eigenvalue weighted by Gasteiger charge is 2.28. The zero-order valence-corrected chi connectivity index (χ0v) is 13.6. The molecule has 0 saturated heterocycles. The highest BCUT2D eigenvalue weighted by Crippen LogP contribution is 2.25. The van der Waals surface area contributed by atoms with E-state index in [2.05, 4.69) is 0 Å². The summed E-state index contributed by atoms with van der Waals surface area (Å²) in [6.45, 7) is 5.94. The van der Waals surface area contributed by atoms with Crippen LogP contribution in [0, 0.1) is 0 Å². The lowest BCUT2D eigenvalue weighted by Crippen LogP contribution is -2.46. The lowest BCUT2D eigenvalue weighted by molar-refractivity contribution is -0.136. The van der Waals surface area contributed by atoms with Gasteiger partial charge in [-0.05, 0) is 33.1 Å². The van der Waals surface area contributed by atoms with E-state index in [1.165, 1.54) is 31.0 Å². The fraction of sp³-hybridized carbons (Fsp3) is 0.867. The van der Waals surface area contributed by atoms with E-state index in [1.807, 2.05) is 25.7 Å². The second-order valence-electron chi connectivity index (χ2n) is 5.73. The van der Waals surface area contributed by atoms with Gasteiger partial charge in [0.2, 0.25) is 5.91 Å². The minimum atomic E-state index is -0.820. The zero-order valence-electron chi connectivity index (χ0n) is 12.8. The van der Waals surface area contributed by atoms with Crippen LogP contribution in [0.4, 0.5) is 0 Å². The van der Waals surface area contributed by atoms with Gasteiger partial charge in [0.1, 0.15) is 5.25 Å². The number of carboxylic acids is 1. The number of rotatable bonds is 7. The van der Waals surface area contributed by atoms with Gasteiger partial charge in [0.25, 0.3) is 0 Å². The summed E-state index contributed by atoms with van der Waals surface area (Å²) >= 11 is 1.26. The van der Waals surface area contributed by atoms with E-state index in [4.69, 9.17) is 5.11 Å². The number of thioether (sulfide) groups is 1. The van der Waals surface area contributed by atoms with Crippen molar-refractivity contribution in [1.82, 2.24) is 4.90 Å². The third-order valence-electron chi connectivity index (χ3n) is 3.87. The molecular weight excluding hydrogens is 274 g/mol. The number of hydrogen-bond donors (Lipinski definition) is 1. The van der Waals surface area contributed by atoms with Gasteiger partial charge in [-0.25, -0.2) is 0 Å². The van der Waals surface area contributed by atoms with Gasteiger partial charge < -0.3 is 10.0 Å². The number of carboxylic acid groups (broad SMARTS) is 1. The summed E-state index contributed by atoms with van der Waals surface area (Å²) in [5.41, 5.74) is 0. The fourth-order valence-electron chi connectivity index (χ4n) is 2.88. The van der Waals surface area contributed by atoms with E-state index in [9.17, 15) is 9.59 Å². The third kappa shape index (κ3) is 5.00. The molecule has 0 radical (unpaired) electrons. The predicted molar refractivity (Wildman–Crippen MR) is 83.0 cm³/mol. The molecule has 0 aromatic heterocycles. The number of hydrogen-bond acceptors (Lipinski definition) is 3. The number of carbonyl (C=O) groups is 2. The average molecular weight is 301 g/mol. The summed E-state index contributed by atoms with van der Waals surface area (Å²) in [6, 6.07) is 0.540. The molecule has 4 nitrogen and oxygen atoms in total. The topological polar surface area (TPSA) is 57.6 Å². The maximum Gasteiger partial charge on any atom is 0.316 e. The Bertz CT molecular complexity index is 327. The van der Waals surface area contributed by atoms with Crippen molar-refractivity contribution in [3.8, 4) is 0 Å². The molecule has 5 heteroatoms. The van der Waals surface area contributed by atoms with Crippen molar-refractivity contribution in [3.63, 3.8) is 0 Å². The molecule has 0 aromatic rings. The molecule has 0 heterocycles. The van der Waals surface area contributed by atoms with Gasteiger partial charge in [0.05, 0.1) is 5.75 Å². The third-order valence-corrected chi connectivity index (χ3v) is 5.22. The Morgan fingerprint density at radius 1 is 1.25 bits per heavy atom. The van der Waals surface area contributed by atoms with Gasteiger partial charge in [-0.15, -0.1) is 11.8 Å². The fourth-order valence-corrected chi connectivity index (χ4v) is 3.75. The molecule has 1 saturated carbocycles. The van der Waals surface area contributed by atoms with Gasteiger partial charge in [0, 0.05) is 12.1 Å². The first-order valence-corrected chi connectivity index (χ1v) is 8.67. The Balaban J connectivity index is 2.57. The molecule has 0 bridgehead atoms. The summed E-state index contributed by atoms with van der Waals surface area (Å²) in [5.74, 6) is -0.449. The van der Waals surface area contributed by atoms with Crippen LogP contribution in [0.1, 0.15) is 59.3 Å². The van der Waals surface area contributed by atoms with Crippen LogP contribution < -0.4 is 0 Å². The largest absolute Gasteiger partial charge is 0.480 e. The SMILES string of the molecule is CCC(SCC(=O)N(C(C)C)C1CCCCC1)C(=O)O. The second-order valence-corrected chi connectivity index (χ2v) is 6.92. The molecule has 1 amide bonds. The summed E-state index contributed by atoms with van der Waals surface area (Å²) in [5, 5.41) is 8.56. The molecule has 1 aliphatic rings. The Morgan fingerprint density at radius 3 is 2.30 bits per heavy atom. The van der Waals surface area contributed by atoms with E-state index < -0.39 is 11.2 Å². The molecular formula is C15H27NO3S. The van der Waals surface area contributed by atoms with Gasteiger partial charge in [-0.1, -0.05) is 26.2 Å². The smallest absolute Gasteiger partial charge is 0.316 e. The van der Waals surface area contributed by atoms with Crippen LogP contribution in [0.2, 0.25) is 0 Å². The van der Waals surface area contributed by atoms with E-state index in [0.717, 1.165) is 12.8 Å². The molecule has 1 fully saturated rings. The van der Waals surface area contributed by atoms with Crippen LogP contribution in [0.5, 0.6) is 0 Å². The van der Waals surface area contributed by atoms with Gasteiger partial charge >= 0.3 is 5.97 Å². The van der Waals surface area contributed by atoms with Crippen LogP contribution in [-0.4, -0.2) is 45.0 Å². The van der Waals surface area contributed by atoms with Crippen molar-refractivity contribution < 1.29 is 14.7 Å². The van der Waals surface area contributed by atoms with Crippen molar-refractivity contribution in [2.24, 2.45) is 0 Å². The van der Waals surface area contributed by atoms with Gasteiger partial charge in [-0.3, -0.25) is 9.59 Å². The summed E-state index contributed by atoms with van der Waals surface area (Å²) in [6.07, 6.45) is 6.39. The molecule has 1 aliphatic carbocycles. The van der Waals surface area contributed by atoms with E-state index >= 15 is 0 Å². The molecule has 1 N–H and O–H groups in total. The lowest BCUT2D eigenvalue weighted by atomic mass is 9.93. The van der Waals surface area contributed by atoms with Crippen LogP contribution >= 0.6 is 11.8 Å². The van der Waals surface area contributed by atoms with Crippen LogP contribution in [0.15, 0.2) is 0 Å². The van der Waals surface area contributed by atoms with Crippen LogP contribution in [0.3, 0.4) is 0 Å². The first kappa shape index (κ1) is 17.3. The van der Waals surface area contributed by atoms with Gasteiger partial charge in [-0.2, -0.15) is 0 Å². The maximum absolute atomic E-state index is 12.4. The monoisotopic (exact) mass is 301 g/mol. The summed E-state index contributed by atoms with van der Waals surface area (Å²) in [4.78, 5) is 25.4. The molecule has 1 rings (SSSR count). The van der Waals surface area contributed by atoms with Crippen molar-refractivity contribution in [2.75, 3.05) is 5.75 Å². The number of aliphatic carboxylic acids is 1. The summed E-state index contributed by atoms with van der Waals surface area (Å²) < 4.78 is 0. The zero-order chi connectivity index (χ0) is 15.1. The Morgan fingerprint density at radius 2 is 1.85 bits per heavy atom. The van der Waals surface area contributed by atoms with Gasteiger partial charge in [0.15, 0.2) is 0 Å². The highest BCUT2D eigenvalue weighted by atomic mass is 32.2. The van der Waals surface area contributed by atoms with E-state index in [-0.39, 0.29) is 17.7 Å². The molecule has 1 unspecified atom stereocenters. The van der Waals surface area contributed by atoms with Crippen molar-refractivity contribution in [1.29, 1.82) is 0 Å². The van der Waals surface area contributed by atoms with Crippen LogP contribution in [0.25, 0.3) is 0 Å². The number of nitrogens with zero attached hydrogens (tertiary/aromatic N) is 1. The van der Waals surface area contributed by atoms with E-state index in [0.29, 0.717) is 12.5 Å². The minimum absolute atomic E-state index is 0.0941. The predicted octanol–water partition coefficient (Wildman–Crippen LogP) is 3.15. The first-order valence-electron chi connectivity index (χ1n) is 7.63. The molecule has 0 aliphatic heterocycles. The van der Waals surface area contributed by atoms with E-state index in [1.54, 1.807) is 0 Å². The quantitative estimate of drug-likeness (QED) is 0.785. The molecule has 1 atom stereocenters. The average Bonchev–Trinajstić information content (AvgIpc) is 2.40. The number of carbonyl (C=O) groups excluding carboxylic acids is 1. The summed E-state index contributed by atoms with van der Waals surface area (Å²) in [7, 11) is 0. The minimum Gasteiger partial charge on any atom is -0.480 e. The van der Waals surface area contributed by atoms with Crippen molar-refractivity contribution in [2.45, 2.75) is 76.6 Å². The van der Waals surface area contributed by atoms with Crippen molar-refractivity contribution in [3.05, 3.63) is 0 Å².